The van der Waals surface area contributed by atoms with Crippen molar-refractivity contribution >= 4 is 21.9 Å². The molecule has 3 heteroatoms. The molecule has 3 aliphatic rings. The number of hydrogen-bond acceptors (Lipinski definition) is 2. The molecule has 6 atom stereocenters. The molecule has 0 N–H and O–H groups in total. The van der Waals surface area contributed by atoms with E-state index in [1.54, 1.807) is 0 Å². The summed E-state index contributed by atoms with van der Waals surface area (Å²) in [6.07, 6.45) is 8.72. The Morgan fingerprint density at radius 2 is 2.18 bits per heavy atom. The predicted molar refractivity (Wildman–Crippen MR) is 92.9 cm³/mol. The highest BCUT2D eigenvalue weighted by Gasteiger charge is 2.52. The lowest BCUT2D eigenvalue weighted by molar-refractivity contribution is -0.139. The second-order valence-electron chi connectivity index (χ2n) is 8.15. The van der Waals surface area contributed by atoms with Crippen LogP contribution in [-0.4, -0.2) is 17.4 Å². The highest BCUT2D eigenvalue weighted by atomic mass is 79.9. The summed E-state index contributed by atoms with van der Waals surface area (Å²) in [5, 5.41) is 1.16. The van der Waals surface area contributed by atoms with Crippen LogP contribution in [-0.2, 0) is 9.53 Å². The number of halogens is 1. The molecule has 1 saturated heterocycles. The fourth-order valence-electron chi connectivity index (χ4n) is 5.85. The lowest BCUT2D eigenvalue weighted by Crippen LogP contribution is -2.40. The van der Waals surface area contributed by atoms with Gasteiger partial charge in [-0.15, -0.1) is 0 Å². The van der Waals surface area contributed by atoms with Gasteiger partial charge in [0, 0.05) is 17.3 Å². The molecule has 22 heavy (non-hydrogen) atoms. The van der Waals surface area contributed by atoms with Crippen molar-refractivity contribution in [1.29, 1.82) is 0 Å². The molecular weight excluding hydrogens is 340 g/mol. The number of carbonyl (C=O) groups excluding carboxylic acids is 1. The molecule has 2 nitrogen and oxygen atoms in total. The predicted octanol–water partition coefficient (Wildman–Crippen LogP) is 5.11. The second kappa shape index (κ2) is 6.30. The number of fused-ring (bicyclic) bond motifs is 1. The van der Waals surface area contributed by atoms with Crippen molar-refractivity contribution in [2.24, 2.45) is 29.1 Å². The molecule has 1 heterocycles. The Morgan fingerprint density at radius 1 is 1.41 bits per heavy atom. The summed E-state index contributed by atoms with van der Waals surface area (Å²) in [4.78, 5) is 11.5. The van der Waals surface area contributed by atoms with E-state index in [2.05, 4.69) is 36.4 Å². The molecular formula is C19H29BrO2. The van der Waals surface area contributed by atoms with Crippen LogP contribution in [0.5, 0.6) is 0 Å². The van der Waals surface area contributed by atoms with E-state index in [0.29, 0.717) is 16.9 Å². The summed E-state index contributed by atoms with van der Waals surface area (Å²) in [7, 11) is 0. The highest BCUT2D eigenvalue weighted by molar-refractivity contribution is 9.09. The number of hydrogen-bond donors (Lipinski definition) is 0. The van der Waals surface area contributed by atoms with Crippen LogP contribution in [0.15, 0.2) is 12.2 Å². The van der Waals surface area contributed by atoms with Crippen molar-refractivity contribution in [3.8, 4) is 0 Å². The van der Waals surface area contributed by atoms with Gasteiger partial charge in [-0.3, -0.25) is 0 Å². The first-order chi connectivity index (χ1) is 10.5. The van der Waals surface area contributed by atoms with Crippen molar-refractivity contribution in [3.63, 3.8) is 0 Å². The fraction of sp³-hybridized carbons (Fsp3) is 0.842. The van der Waals surface area contributed by atoms with Crippen LogP contribution in [0.2, 0.25) is 0 Å². The summed E-state index contributed by atoms with van der Waals surface area (Å²) in [5.74, 6) is 2.98. The Balaban J connectivity index is 1.67. The van der Waals surface area contributed by atoms with Crippen LogP contribution in [0.3, 0.4) is 0 Å². The van der Waals surface area contributed by atoms with Crippen LogP contribution in [0.25, 0.3) is 0 Å². The SMILES string of the molecule is C=C1C[C@H](C[C@@H](C)[C@H]2CC[C@H]3C(CBr)CCC[C@]23C)OC1=O. The molecule has 2 saturated carbocycles. The lowest BCUT2D eigenvalue weighted by Gasteiger charge is -2.46. The Morgan fingerprint density at radius 3 is 2.82 bits per heavy atom. The Kier molecular flexibility index (Phi) is 4.74. The van der Waals surface area contributed by atoms with Gasteiger partial charge >= 0.3 is 5.97 Å². The third kappa shape index (κ3) is 2.79. The van der Waals surface area contributed by atoms with E-state index in [-0.39, 0.29) is 12.1 Å². The van der Waals surface area contributed by atoms with Gasteiger partial charge < -0.3 is 4.74 Å². The molecule has 0 aromatic heterocycles. The molecule has 1 unspecified atom stereocenters. The first kappa shape index (κ1) is 16.5. The van der Waals surface area contributed by atoms with Crippen LogP contribution < -0.4 is 0 Å². The highest BCUT2D eigenvalue weighted by Crippen LogP contribution is 2.60. The monoisotopic (exact) mass is 368 g/mol. The average molecular weight is 369 g/mol. The molecule has 0 radical (unpaired) electrons. The standard InChI is InChI=1S/C19H29BrO2/c1-12(9-15-10-13(2)18(21)22-15)16-6-7-17-14(11-20)5-4-8-19(16,17)3/h12,14-17H,2,4-11H2,1,3H3/t12-,14?,15+,16-,17+,19-/m1/s1. The Labute approximate surface area is 143 Å². The van der Waals surface area contributed by atoms with E-state index in [1.165, 1.54) is 32.1 Å². The van der Waals surface area contributed by atoms with Crippen molar-refractivity contribution < 1.29 is 9.53 Å². The fourth-order valence-corrected chi connectivity index (χ4v) is 6.62. The van der Waals surface area contributed by atoms with E-state index in [4.69, 9.17) is 4.74 Å². The number of cyclic esters (lactones) is 1. The van der Waals surface area contributed by atoms with Gasteiger partial charge in [0.05, 0.1) is 0 Å². The number of rotatable bonds is 4. The van der Waals surface area contributed by atoms with Crippen LogP contribution in [0.4, 0.5) is 0 Å². The summed E-state index contributed by atoms with van der Waals surface area (Å²) in [5.41, 5.74) is 1.15. The van der Waals surface area contributed by atoms with Crippen LogP contribution in [0, 0.1) is 29.1 Å². The Bertz CT molecular complexity index is 444. The molecule has 2 aliphatic carbocycles. The molecule has 0 aromatic rings. The summed E-state index contributed by atoms with van der Waals surface area (Å²) in [6.45, 7) is 8.73. The van der Waals surface area contributed by atoms with Gasteiger partial charge in [0.15, 0.2) is 0 Å². The van der Waals surface area contributed by atoms with Gasteiger partial charge in [0.25, 0.3) is 0 Å². The van der Waals surface area contributed by atoms with E-state index >= 15 is 0 Å². The van der Waals surface area contributed by atoms with E-state index < -0.39 is 0 Å². The molecule has 0 aromatic carbocycles. The number of carbonyl (C=O) groups is 1. The number of alkyl halides is 1. The van der Waals surface area contributed by atoms with E-state index in [9.17, 15) is 4.79 Å². The van der Waals surface area contributed by atoms with Gasteiger partial charge in [-0.05, 0) is 61.2 Å². The van der Waals surface area contributed by atoms with Gasteiger partial charge in [-0.1, -0.05) is 42.8 Å². The van der Waals surface area contributed by atoms with Crippen LogP contribution in [0.1, 0.15) is 58.8 Å². The molecule has 0 bridgehead atoms. The normalized spacial score (nSPS) is 43.0. The molecule has 0 spiro atoms. The first-order valence-electron chi connectivity index (χ1n) is 8.90. The van der Waals surface area contributed by atoms with E-state index in [1.807, 2.05) is 0 Å². The third-order valence-corrected chi connectivity index (χ3v) is 7.73. The van der Waals surface area contributed by atoms with Gasteiger partial charge in [0.1, 0.15) is 6.10 Å². The summed E-state index contributed by atoms with van der Waals surface area (Å²) >= 11 is 3.75. The van der Waals surface area contributed by atoms with E-state index in [0.717, 1.165) is 35.9 Å². The maximum absolute atomic E-state index is 11.5. The van der Waals surface area contributed by atoms with Crippen molar-refractivity contribution in [3.05, 3.63) is 12.2 Å². The van der Waals surface area contributed by atoms with Gasteiger partial charge in [-0.2, -0.15) is 0 Å². The molecule has 124 valence electrons. The topological polar surface area (TPSA) is 26.3 Å². The maximum atomic E-state index is 11.5. The second-order valence-corrected chi connectivity index (χ2v) is 8.80. The summed E-state index contributed by atoms with van der Waals surface area (Å²) in [6, 6.07) is 0. The minimum Gasteiger partial charge on any atom is -0.459 e. The number of esters is 1. The van der Waals surface area contributed by atoms with Gasteiger partial charge in [-0.25, -0.2) is 4.79 Å². The molecule has 0 amide bonds. The first-order valence-corrected chi connectivity index (χ1v) is 10.0. The van der Waals surface area contributed by atoms with Crippen molar-refractivity contribution in [2.45, 2.75) is 64.9 Å². The molecule has 3 rings (SSSR count). The number of ether oxygens (including phenoxy) is 1. The zero-order valence-electron chi connectivity index (χ0n) is 13.9. The average Bonchev–Trinajstić information content (AvgIpc) is 2.98. The minimum absolute atomic E-state index is 0.0770. The summed E-state index contributed by atoms with van der Waals surface area (Å²) < 4.78 is 5.47. The minimum atomic E-state index is -0.176. The van der Waals surface area contributed by atoms with Gasteiger partial charge in [0.2, 0.25) is 0 Å². The lowest BCUT2D eigenvalue weighted by atomic mass is 9.59. The smallest absolute Gasteiger partial charge is 0.333 e. The van der Waals surface area contributed by atoms with Crippen LogP contribution >= 0.6 is 15.9 Å². The zero-order chi connectivity index (χ0) is 15.9. The molecule has 1 aliphatic heterocycles. The quantitative estimate of drug-likeness (QED) is 0.391. The molecule has 3 fully saturated rings. The third-order valence-electron chi connectivity index (χ3n) is 6.90. The van der Waals surface area contributed by atoms with Crippen molar-refractivity contribution in [1.82, 2.24) is 0 Å². The van der Waals surface area contributed by atoms with Crippen molar-refractivity contribution in [2.75, 3.05) is 5.33 Å². The maximum Gasteiger partial charge on any atom is 0.333 e. The zero-order valence-corrected chi connectivity index (χ0v) is 15.5. The largest absolute Gasteiger partial charge is 0.459 e. The Hall–Kier alpha value is -0.310.